The molecule has 1 amide bonds. The Kier molecular flexibility index (Phi) is 4.42. The molecule has 1 aliphatic rings. The van der Waals surface area contributed by atoms with Gasteiger partial charge in [0.2, 0.25) is 5.91 Å². The number of nitrogens with zero attached hydrogens (tertiary/aromatic N) is 1. The first-order valence-electron chi connectivity index (χ1n) is 6.19. The van der Waals surface area contributed by atoms with E-state index in [1.807, 2.05) is 12.1 Å². The minimum Gasteiger partial charge on any atom is -0.480 e. The van der Waals surface area contributed by atoms with Gasteiger partial charge in [-0.1, -0.05) is 22.0 Å². The average Bonchev–Trinajstić information content (AvgIpc) is 2.72. The number of carboxylic acid groups (broad SMARTS) is 1. The molecule has 1 fully saturated rings. The standard InChI is InChI=1S/C13H16BrN3O3/c14-9-2-1-3-10(6-9)16-11(18)7-17-5-4-13(15,8-17)12(19)20/h1-3,6H,4-5,7-8,15H2,(H,16,18)(H,19,20). The van der Waals surface area contributed by atoms with Crippen LogP contribution >= 0.6 is 15.9 Å². The summed E-state index contributed by atoms with van der Waals surface area (Å²) in [6, 6.07) is 7.28. The molecule has 1 atom stereocenters. The van der Waals surface area contributed by atoms with Crippen LogP contribution < -0.4 is 11.1 Å². The van der Waals surface area contributed by atoms with E-state index in [1.165, 1.54) is 0 Å². The Morgan fingerprint density at radius 1 is 1.50 bits per heavy atom. The quantitative estimate of drug-likeness (QED) is 0.755. The summed E-state index contributed by atoms with van der Waals surface area (Å²) in [6.07, 6.45) is 0.354. The van der Waals surface area contributed by atoms with Crippen LogP contribution in [0.15, 0.2) is 28.7 Å². The van der Waals surface area contributed by atoms with Gasteiger partial charge in [0.1, 0.15) is 5.54 Å². The largest absolute Gasteiger partial charge is 0.480 e. The van der Waals surface area contributed by atoms with Gasteiger partial charge in [-0.2, -0.15) is 0 Å². The predicted molar refractivity (Wildman–Crippen MR) is 78.4 cm³/mol. The number of carbonyl (C=O) groups excluding carboxylic acids is 1. The van der Waals surface area contributed by atoms with Gasteiger partial charge in [0, 0.05) is 23.2 Å². The molecule has 1 aliphatic heterocycles. The number of hydrogen-bond donors (Lipinski definition) is 3. The van der Waals surface area contributed by atoms with Crippen LogP contribution in [0.3, 0.4) is 0 Å². The van der Waals surface area contributed by atoms with Crippen molar-refractivity contribution in [2.24, 2.45) is 5.73 Å². The van der Waals surface area contributed by atoms with E-state index in [4.69, 9.17) is 10.8 Å². The summed E-state index contributed by atoms with van der Waals surface area (Å²) in [5.74, 6) is -1.20. The highest BCUT2D eigenvalue weighted by atomic mass is 79.9. The maximum Gasteiger partial charge on any atom is 0.325 e. The fourth-order valence-electron chi connectivity index (χ4n) is 2.19. The van der Waals surface area contributed by atoms with Crippen LogP contribution in [0.5, 0.6) is 0 Å². The van der Waals surface area contributed by atoms with E-state index in [9.17, 15) is 9.59 Å². The Labute approximate surface area is 125 Å². The molecule has 7 heteroatoms. The number of likely N-dealkylation sites (tertiary alicyclic amines) is 1. The Balaban J connectivity index is 1.89. The van der Waals surface area contributed by atoms with E-state index in [2.05, 4.69) is 21.2 Å². The summed E-state index contributed by atoms with van der Waals surface area (Å²) < 4.78 is 0.878. The zero-order chi connectivity index (χ0) is 14.8. The highest BCUT2D eigenvalue weighted by molar-refractivity contribution is 9.10. The van der Waals surface area contributed by atoms with Gasteiger partial charge in [0.15, 0.2) is 0 Å². The molecule has 0 aromatic heterocycles. The van der Waals surface area contributed by atoms with Gasteiger partial charge < -0.3 is 16.2 Å². The number of rotatable bonds is 4. The lowest BCUT2D eigenvalue weighted by Crippen LogP contribution is -2.50. The summed E-state index contributed by atoms with van der Waals surface area (Å²) in [7, 11) is 0. The molecular formula is C13H16BrN3O3. The molecule has 0 radical (unpaired) electrons. The predicted octanol–water partition coefficient (Wildman–Crippen LogP) is 0.875. The summed E-state index contributed by atoms with van der Waals surface area (Å²) in [5, 5.41) is 11.8. The summed E-state index contributed by atoms with van der Waals surface area (Å²) in [4.78, 5) is 24.7. The van der Waals surface area contributed by atoms with E-state index in [0.29, 0.717) is 18.7 Å². The second-order valence-electron chi connectivity index (χ2n) is 4.98. The minimum absolute atomic E-state index is 0.138. The number of amides is 1. The van der Waals surface area contributed by atoms with Crippen molar-refractivity contribution in [3.05, 3.63) is 28.7 Å². The van der Waals surface area contributed by atoms with E-state index in [-0.39, 0.29) is 19.0 Å². The molecule has 0 saturated carbocycles. The van der Waals surface area contributed by atoms with Crippen molar-refractivity contribution in [3.63, 3.8) is 0 Å². The van der Waals surface area contributed by atoms with Crippen molar-refractivity contribution in [1.82, 2.24) is 4.90 Å². The number of nitrogens with two attached hydrogens (primary N) is 1. The number of anilines is 1. The lowest BCUT2D eigenvalue weighted by molar-refractivity contribution is -0.143. The SMILES string of the molecule is NC1(C(=O)O)CCN(CC(=O)Nc2cccc(Br)c2)C1. The van der Waals surface area contributed by atoms with Crippen molar-refractivity contribution in [2.45, 2.75) is 12.0 Å². The van der Waals surface area contributed by atoms with Gasteiger partial charge >= 0.3 is 5.97 Å². The zero-order valence-corrected chi connectivity index (χ0v) is 12.4. The molecule has 0 spiro atoms. The fraction of sp³-hybridized carbons (Fsp3) is 0.385. The van der Waals surface area contributed by atoms with Crippen molar-refractivity contribution >= 4 is 33.5 Å². The number of carboxylic acids is 1. The molecule has 1 unspecified atom stereocenters. The van der Waals surface area contributed by atoms with E-state index < -0.39 is 11.5 Å². The number of benzene rings is 1. The third-order valence-electron chi connectivity index (χ3n) is 3.28. The molecule has 1 saturated heterocycles. The Morgan fingerprint density at radius 3 is 2.85 bits per heavy atom. The topological polar surface area (TPSA) is 95.7 Å². The van der Waals surface area contributed by atoms with Crippen molar-refractivity contribution in [1.29, 1.82) is 0 Å². The first-order chi connectivity index (χ1) is 9.39. The molecule has 0 bridgehead atoms. The average molecular weight is 342 g/mol. The highest BCUT2D eigenvalue weighted by Gasteiger charge is 2.41. The number of carbonyl (C=O) groups is 2. The number of aliphatic carboxylic acids is 1. The molecule has 1 heterocycles. The molecule has 4 N–H and O–H groups in total. The molecule has 1 aromatic rings. The molecule has 20 heavy (non-hydrogen) atoms. The molecule has 6 nitrogen and oxygen atoms in total. The molecule has 0 aliphatic carbocycles. The molecule has 1 aromatic carbocycles. The Hall–Kier alpha value is -1.44. The van der Waals surface area contributed by atoms with Gasteiger partial charge in [-0.05, 0) is 24.6 Å². The van der Waals surface area contributed by atoms with Crippen molar-refractivity contribution in [2.75, 3.05) is 25.0 Å². The molecule has 2 rings (SSSR count). The van der Waals surface area contributed by atoms with Crippen LogP contribution in [0.2, 0.25) is 0 Å². The van der Waals surface area contributed by atoms with Crippen molar-refractivity contribution in [3.8, 4) is 0 Å². The van der Waals surface area contributed by atoms with E-state index >= 15 is 0 Å². The summed E-state index contributed by atoms with van der Waals surface area (Å²) >= 11 is 3.33. The van der Waals surface area contributed by atoms with Crippen LogP contribution in [-0.4, -0.2) is 47.1 Å². The van der Waals surface area contributed by atoms with Crippen molar-refractivity contribution < 1.29 is 14.7 Å². The fourth-order valence-corrected chi connectivity index (χ4v) is 2.59. The zero-order valence-electron chi connectivity index (χ0n) is 10.8. The normalized spacial score (nSPS) is 22.7. The smallest absolute Gasteiger partial charge is 0.325 e. The monoisotopic (exact) mass is 341 g/mol. The first-order valence-corrected chi connectivity index (χ1v) is 6.98. The Morgan fingerprint density at radius 2 is 2.25 bits per heavy atom. The van der Waals surface area contributed by atoms with E-state index in [1.54, 1.807) is 17.0 Å². The lowest BCUT2D eigenvalue weighted by Gasteiger charge is -2.19. The first kappa shape index (κ1) is 15.0. The van der Waals surface area contributed by atoms with Crippen LogP contribution in [0.1, 0.15) is 6.42 Å². The maximum atomic E-state index is 11.9. The molecular weight excluding hydrogens is 326 g/mol. The van der Waals surface area contributed by atoms with Crippen LogP contribution in [0, 0.1) is 0 Å². The van der Waals surface area contributed by atoms with Crippen LogP contribution in [0.4, 0.5) is 5.69 Å². The summed E-state index contributed by atoms with van der Waals surface area (Å²) in [6.45, 7) is 0.835. The van der Waals surface area contributed by atoms with E-state index in [0.717, 1.165) is 4.47 Å². The van der Waals surface area contributed by atoms with Crippen LogP contribution in [-0.2, 0) is 9.59 Å². The Bertz CT molecular complexity index is 537. The van der Waals surface area contributed by atoms with Gasteiger partial charge in [-0.15, -0.1) is 0 Å². The van der Waals surface area contributed by atoms with Crippen LogP contribution in [0.25, 0.3) is 0 Å². The van der Waals surface area contributed by atoms with Gasteiger partial charge in [-0.3, -0.25) is 14.5 Å². The second-order valence-corrected chi connectivity index (χ2v) is 5.90. The second kappa shape index (κ2) is 5.90. The third-order valence-corrected chi connectivity index (χ3v) is 3.77. The molecule has 108 valence electrons. The van der Waals surface area contributed by atoms with Gasteiger partial charge in [0.25, 0.3) is 0 Å². The lowest BCUT2D eigenvalue weighted by atomic mass is 10.0. The van der Waals surface area contributed by atoms with Gasteiger partial charge in [-0.25, -0.2) is 0 Å². The number of nitrogens with one attached hydrogen (secondary N) is 1. The maximum absolute atomic E-state index is 11.9. The minimum atomic E-state index is -1.24. The third kappa shape index (κ3) is 3.56. The number of halogens is 1. The highest BCUT2D eigenvalue weighted by Crippen LogP contribution is 2.19. The van der Waals surface area contributed by atoms with Gasteiger partial charge in [0.05, 0.1) is 6.54 Å². The number of hydrogen-bond acceptors (Lipinski definition) is 4. The summed E-state index contributed by atoms with van der Waals surface area (Å²) in [5.41, 5.74) is 5.22.